The molecule has 0 amide bonds. The van der Waals surface area contributed by atoms with Crippen LogP contribution in [0.3, 0.4) is 0 Å². The molecule has 0 atom stereocenters. The van der Waals surface area contributed by atoms with Gasteiger partial charge in [-0.25, -0.2) is 9.97 Å². The fraction of sp³-hybridized carbons (Fsp3) is 0.429. The number of ether oxygens (including phenoxy) is 1. The van der Waals surface area contributed by atoms with Crippen molar-refractivity contribution in [3.05, 3.63) is 12.4 Å². The van der Waals surface area contributed by atoms with E-state index in [2.05, 4.69) is 15.3 Å². The third-order valence-corrected chi connectivity index (χ3v) is 1.32. The number of aromatic nitrogens is 2. The quantitative estimate of drug-likeness (QED) is 0.815. The van der Waals surface area contributed by atoms with E-state index < -0.39 is 12.7 Å². The fourth-order valence-corrected chi connectivity index (χ4v) is 0.739. The normalized spacial score (nSPS) is 11.1. The lowest BCUT2D eigenvalue weighted by Crippen LogP contribution is -2.21. The van der Waals surface area contributed by atoms with Crippen molar-refractivity contribution in [2.75, 3.05) is 19.0 Å². The Kier molecular flexibility index (Phi) is 3.10. The summed E-state index contributed by atoms with van der Waals surface area (Å²) in [5.41, 5.74) is 0. The maximum absolute atomic E-state index is 11.8. The van der Waals surface area contributed by atoms with Crippen LogP contribution in [-0.2, 0) is 0 Å². The lowest BCUT2D eigenvalue weighted by Gasteiger charge is -2.08. The Morgan fingerprint density at radius 3 is 2.71 bits per heavy atom. The highest BCUT2D eigenvalue weighted by molar-refractivity contribution is 5.37. The molecule has 14 heavy (non-hydrogen) atoms. The van der Waals surface area contributed by atoms with Crippen LogP contribution in [0, 0.1) is 0 Å². The molecular formula is C7H8F3N3O. The zero-order valence-corrected chi connectivity index (χ0v) is 7.30. The Morgan fingerprint density at radius 1 is 1.43 bits per heavy atom. The summed E-state index contributed by atoms with van der Waals surface area (Å²) in [6.45, 7) is -1.13. The minimum Gasteiger partial charge on any atom is -0.481 e. The molecule has 0 saturated heterocycles. The Hall–Kier alpha value is -1.53. The number of alkyl halides is 3. The highest BCUT2D eigenvalue weighted by atomic mass is 19.4. The molecule has 0 bridgehead atoms. The topological polar surface area (TPSA) is 47.0 Å². The first-order chi connectivity index (χ1) is 6.51. The minimum absolute atomic E-state index is 0.0779. The highest BCUT2D eigenvalue weighted by Crippen LogP contribution is 2.16. The van der Waals surface area contributed by atoms with Gasteiger partial charge in [-0.2, -0.15) is 13.2 Å². The van der Waals surface area contributed by atoms with Crippen LogP contribution in [0.4, 0.5) is 19.0 Å². The number of rotatable bonds is 3. The van der Waals surface area contributed by atoms with Crippen molar-refractivity contribution in [2.24, 2.45) is 0 Å². The molecule has 1 N–H and O–H groups in total. The fourth-order valence-electron chi connectivity index (χ4n) is 0.739. The molecule has 4 nitrogen and oxygen atoms in total. The van der Waals surface area contributed by atoms with Gasteiger partial charge in [0, 0.05) is 6.07 Å². The van der Waals surface area contributed by atoms with Crippen LogP contribution in [0.25, 0.3) is 0 Å². The Labute approximate surface area is 78.1 Å². The molecule has 0 aliphatic rings. The molecule has 0 spiro atoms. The second kappa shape index (κ2) is 4.12. The van der Waals surface area contributed by atoms with E-state index >= 15 is 0 Å². The molecule has 1 aromatic rings. The summed E-state index contributed by atoms with van der Waals surface area (Å²) < 4.78 is 40.1. The van der Waals surface area contributed by atoms with Crippen molar-refractivity contribution in [3.63, 3.8) is 0 Å². The van der Waals surface area contributed by atoms with Gasteiger partial charge >= 0.3 is 6.18 Å². The van der Waals surface area contributed by atoms with E-state index in [4.69, 9.17) is 4.74 Å². The number of methoxy groups -OCH3 is 1. The summed E-state index contributed by atoms with van der Waals surface area (Å²) in [7, 11) is 1.37. The van der Waals surface area contributed by atoms with E-state index in [0.717, 1.165) is 6.33 Å². The minimum atomic E-state index is -4.27. The molecule has 0 saturated carbocycles. The number of anilines is 1. The van der Waals surface area contributed by atoms with Crippen molar-refractivity contribution in [3.8, 4) is 5.88 Å². The van der Waals surface area contributed by atoms with Gasteiger partial charge in [0.2, 0.25) is 5.88 Å². The van der Waals surface area contributed by atoms with Gasteiger partial charge in [0.15, 0.2) is 0 Å². The van der Waals surface area contributed by atoms with Crippen LogP contribution < -0.4 is 10.1 Å². The molecule has 0 radical (unpaired) electrons. The van der Waals surface area contributed by atoms with E-state index in [1.165, 1.54) is 13.2 Å². The average molecular weight is 207 g/mol. The molecule has 0 aromatic carbocycles. The second-order valence-electron chi connectivity index (χ2n) is 2.41. The van der Waals surface area contributed by atoms with Crippen molar-refractivity contribution in [2.45, 2.75) is 6.18 Å². The van der Waals surface area contributed by atoms with Crippen LogP contribution in [0.2, 0.25) is 0 Å². The molecule has 0 aliphatic carbocycles. The summed E-state index contributed by atoms with van der Waals surface area (Å²) in [4.78, 5) is 7.24. The standard InChI is InChI=1S/C7H8F3N3O/c1-14-6-2-5(12-4-13-6)11-3-7(8,9)10/h2,4H,3H2,1H3,(H,11,12,13). The maximum Gasteiger partial charge on any atom is 0.405 e. The van der Waals surface area contributed by atoms with Crippen molar-refractivity contribution in [1.82, 2.24) is 9.97 Å². The van der Waals surface area contributed by atoms with Gasteiger partial charge in [0.05, 0.1) is 7.11 Å². The first-order valence-electron chi connectivity index (χ1n) is 3.68. The van der Waals surface area contributed by atoms with E-state index in [1.807, 2.05) is 0 Å². The molecule has 1 heterocycles. The molecule has 0 fully saturated rings. The summed E-state index contributed by atoms with van der Waals surface area (Å²) in [5, 5.41) is 2.10. The highest BCUT2D eigenvalue weighted by Gasteiger charge is 2.26. The first-order valence-corrected chi connectivity index (χ1v) is 3.68. The van der Waals surface area contributed by atoms with E-state index in [1.54, 1.807) is 0 Å². The number of nitrogens with one attached hydrogen (secondary N) is 1. The first kappa shape index (κ1) is 10.6. The molecular weight excluding hydrogens is 199 g/mol. The molecule has 1 aromatic heterocycles. The van der Waals surface area contributed by atoms with Gasteiger partial charge in [0.1, 0.15) is 18.7 Å². The largest absolute Gasteiger partial charge is 0.481 e. The van der Waals surface area contributed by atoms with Crippen molar-refractivity contribution in [1.29, 1.82) is 0 Å². The predicted octanol–water partition coefficient (Wildman–Crippen LogP) is 1.46. The number of nitrogens with zero attached hydrogens (tertiary/aromatic N) is 2. The summed E-state index contributed by atoms with van der Waals surface area (Å²) in [5.74, 6) is 0.291. The van der Waals surface area contributed by atoms with Crippen LogP contribution in [0.15, 0.2) is 12.4 Å². The summed E-state index contributed by atoms with van der Waals surface area (Å²) in [6.07, 6.45) is -3.14. The van der Waals surface area contributed by atoms with Gasteiger partial charge in [-0.1, -0.05) is 0 Å². The Bertz CT molecular complexity index is 302. The predicted molar refractivity (Wildman–Crippen MR) is 43.1 cm³/mol. The summed E-state index contributed by atoms with van der Waals surface area (Å²) in [6, 6.07) is 1.28. The zero-order chi connectivity index (χ0) is 10.6. The third kappa shape index (κ3) is 3.46. The molecule has 7 heteroatoms. The van der Waals surface area contributed by atoms with Gasteiger partial charge in [-0.05, 0) is 0 Å². The van der Waals surface area contributed by atoms with Crippen LogP contribution in [0.1, 0.15) is 0 Å². The molecule has 0 aliphatic heterocycles. The van der Waals surface area contributed by atoms with Gasteiger partial charge < -0.3 is 10.1 Å². The lowest BCUT2D eigenvalue weighted by molar-refractivity contribution is -0.115. The van der Waals surface area contributed by atoms with Crippen molar-refractivity contribution >= 4 is 5.82 Å². The lowest BCUT2D eigenvalue weighted by atomic mass is 10.5. The Morgan fingerprint density at radius 2 is 2.14 bits per heavy atom. The van der Waals surface area contributed by atoms with Gasteiger partial charge in [0.25, 0.3) is 0 Å². The number of halogens is 3. The molecule has 1 rings (SSSR count). The van der Waals surface area contributed by atoms with E-state index in [-0.39, 0.29) is 11.7 Å². The molecule has 0 unspecified atom stereocenters. The SMILES string of the molecule is COc1cc(NCC(F)(F)F)ncn1. The maximum atomic E-state index is 11.8. The van der Waals surface area contributed by atoms with Crippen LogP contribution in [0.5, 0.6) is 5.88 Å². The van der Waals surface area contributed by atoms with E-state index in [9.17, 15) is 13.2 Å². The molecule has 78 valence electrons. The third-order valence-electron chi connectivity index (χ3n) is 1.32. The second-order valence-corrected chi connectivity index (χ2v) is 2.41. The zero-order valence-electron chi connectivity index (χ0n) is 7.30. The van der Waals surface area contributed by atoms with Gasteiger partial charge in [-0.3, -0.25) is 0 Å². The van der Waals surface area contributed by atoms with Gasteiger partial charge in [-0.15, -0.1) is 0 Å². The number of hydrogen-bond acceptors (Lipinski definition) is 4. The van der Waals surface area contributed by atoms with Crippen molar-refractivity contribution < 1.29 is 17.9 Å². The Balaban J connectivity index is 2.59. The van der Waals surface area contributed by atoms with E-state index in [0.29, 0.717) is 0 Å². The van der Waals surface area contributed by atoms with Crippen LogP contribution in [-0.4, -0.2) is 29.8 Å². The van der Waals surface area contributed by atoms with Crippen LogP contribution >= 0.6 is 0 Å². The monoisotopic (exact) mass is 207 g/mol. The number of hydrogen-bond donors (Lipinski definition) is 1. The smallest absolute Gasteiger partial charge is 0.405 e. The summed E-state index contributed by atoms with van der Waals surface area (Å²) >= 11 is 0. The average Bonchev–Trinajstić information content (AvgIpc) is 2.14.